The Morgan fingerprint density at radius 3 is 2.04 bits per heavy atom. The monoisotopic (exact) mass is 373 g/mol. The van der Waals surface area contributed by atoms with Gasteiger partial charge in [0.05, 0.1) is 9.79 Å². The number of carboxylic acid groups (broad SMARTS) is 1. The highest BCUT2D eigenvalue weighted by Crippen LogP contribution is 2.30. The van der Waals surface area contributed by atoms with Crippen molar-refractivity contribution in [2.24, 2.45) is 0 Å². The lowest BCUT2D eigenvalue weighted by Crippen LogP contribution is -2.39. The molecule has 0 bridgehead atoms. The summed E-state index contributed by atoms with van der Waals surface area (Å²) in [4.78, 5) is 13.8. The molecule has 1 saturated carbocycles. The van der Waals surface area contributed by atoms with E-state index in [9.17, 15) is 18.3 Å². The zero-order valence-electron chi connectivity index (χ0n) is 14.9. The van der Waals surface area contributed by atoms with E-state index in [1.165, 1.54) is 0 Å². The average Bonchev–Trinajstić information content (AvgIpc) is 3.45. The van der Waals surface area contributed by atoms with Gasteiger partial charge in [-0.05, 0) is 56.5 Å². The molecule has 0 amide bonds. The first kappa shape index (κ1) is 18.6. The number of aliphatic carboxylic acids is 1. The summed E-state index contributed by atoms with van der Waals surface area (Å²) in [5.41, 5.74) is 1.92. The van der Waals surface area contributed by atoms with Crippen molar-refractivity contribution in [1.29, 1.82) is 0 Å². The van der Waals surface area contributed by atoms with Crippen LogP contribution in [0.15, 0.2) is 58.3 Å². The van der Waals surface area contributed by atoms with E-state index < -0.39 is 21.8 Å². The zero-order valence-corrected chi connectivity index (χ0v) is 15.7. The molecule has 1 aliphatic carbocycles. The third kappa shape index (κ3) is 3.97. The Morgan fingerprint density at radius 2 is 1.58 bits per heavy atom. The first-order chi connectivity index (χ1) is 12.3. The van der Waals surface area contributed by atoms with E-state index >= 15 is 0 Å². The SMILES string of the molecule is Cc1ccc(S(=O)(=O)c2ccc(CN(C3CC3)C(C)C(=O)O)cc2)cc1. The van der Waals surface area contributed by atoms with Crippen LogP contribution in [0.5, 0.6) is 0 Å². The molecular weight excluding hydrogens is 350 g/mol. The predicted molar refractivity (Wildman–Crippen MR) is 98.7 cm³/mol. The van der Waals surface area contributed by atoms with Crippen LogP contribution in [0.25, 0.3) is 0 Å². The summed E-state index contributed by atoms with van der Waals surface area (Å²) < 4.78 is 25.4. The number of hydrogen-bond acceptors (Lipinski definition) is 4. The molecule has 2 aromatic rings. The third-order valence-electron chi connectivity index (χ3n) is 4.80. The topological polar surface area (TPSA) is 74.7 Å². The summed E-state index contributed by atoms with van der Waals surface area (Å²) in [5, 5.41) is 9.28. The lowest BCUT2D eigenvalue weighted by atomic mass is 10.1. The van der Waals surface area contributed by atoms with E-state index in [1.807, 2.05) is 11.8 Å². The van der Waals surface area contributed by atoms with Crippen LogP contribution >= 0.6 is 0 Å². The second-order valence-corrected chi connectivity index (χ2v) is 8.83. The van der Waals surface area contributed by atoms with E-state index in [0.717, 1.165) is 24.0 Å². The van der Waals surface area contributed by atoms with Gasteiger partial charge in [-0.1, -0.05) is 29.8 Å². The molecule has 5 nitrogen and oxygen atoms in total. The van der Waals surface area contributed by atoms with Crippen molar-refractivity contribution in [3.8, 4) is 0 Å². The Kier molecular flexibility index (Phi) is 5.16. The molecule has 1 N–H and O–H groups in total. The van der Waals surface area contributed by atoms with E-state index in [1.54, 1.807) is 55.5 Å². The first-order valence-corrected chi connectivity index (χ1v) is 10.2. The van der Waals surface area contributed by atoms with Crippen LogP contribution in [0.2, 0.25) is 0 Å². The molecule has 0 radical (unpaired) electrons. The van der Waals surface area contributed by atoms with Gasteiger partial charge >= 0.3 is 5.97 Å². The fraction of sp³-hybridized carbons (Fsp3) is 0.350. The summed E-state index contributed by atoms with van der Waals surface area (Å²) in [6, 6.07) is 13.3. The maximum Gasteiger partial charge on any atom is 0.320 e. The summed E-state index contributed by atoms with van der Waals surface area (Å²) in [7, 11) is -3.54. The summed E-state index contributed by atoms with van der Waals surface area (Å²) in [5.74, 6) is -0.838. The third-order valence-corrected chi connectivity index (χ3v) is 6.59. The molecule has 3 rings (SSSR count). The van der Waals surface area contributed by atoms with E-state index in [-0.39, 0.29) is 9.79 Å². The van der Waals surface area contributed by atoms with Gasteiger partial charge in [-0.2, -0.15) is 0 Å². The molecule has 2 aromatic carbocycles. The van der Waals surface area contributed by atoms with Crippen LogP contribution in [-0.2, 0) is 21.2 Å². The number of hydrogen-bond donors (Lipinski definition) is 1. The molecule has 138 valence electrons. The minimum absolute atomic E-state index is 0.245. The van der Waals surface area contributed by atoms with Gasteiger partial charge in [0.15, 0.2) is 0 Å². The second-order valence-electron chi connectivity index (χ2n) is 6.88. The number of nitrogens with zero attached hydrogens (tertiary/aromatic N) is 1. The molecule has 0 saturated heterocycles. The predicted octanol–water partition coefficient (Wildman–Crippen LogP) is 3.27. The minimum Gasteiger partial charge on any atom is -0.480 e. The van der Waals surface area contributed by atoms with Crippen LogP contribution in [0.3, 0.4) is 0 Å². The zero-order chi connectivity index (χ0) is 18.9. The highest BCUT2D eigenvalue weighted by atomic mass is 32.2. The molecule has 26 heavy (non-hydrogen) atoms. The number of carboxylic acids is 1. The molecule has 1 aliphatic rings. The normalized spacial score (nSPS) is 15.8. The Labute approximate surface area is 154 Å². The Hall–Kier alpha value is -2.18. The lowest BCUT2D eigenvalue weighted by Gasteiger charge is -2.26. The molecule has 0 spiro atoms. The van der Waals surface area contributed by atoms with Gasteiger partial charge in [0.2, 0.25) is 9.84 Å². The lowest BCUT2D eigenvalue weighted by molar-refractivity contribution is -0.143. The number of aryl methyl sites for hydroxylation is 1. The molecule has 1 unspecified atom stereocenters. The van der Waals surface area contributed by atoms with Crippen LogP contribution in [0, 0.1) is 6.92 Å². The van der Waals surface area contributed by atoms with Crippen LogP contribution in [-0.4, -0.2) is 36.5 Å². The van der Waals surface area contributed by atoms with Crippen molar-refractivity contribution in [2.45, 2.75) is 55.1 Å². The first-order valence-electron chi connectivity index (χ1n) is 8.68. The van der Waals surface area contributed by atoms with Crippen molar-refractivity contribution < 1.29 is 18.3 Å². The van der Waals surface area contributed by atoms with Gasteiger partial charge in [-0.25, -0.2) is 8.42 Å². The van der Waals surface area contributed by atoms with E-state index in [2.05, 4.69) is 0 Å². The standard InChI is InChI=1S/C20H23NO4S/c1-14-3-9-18(10-4-14)26(24,25)19-11-5-16(6-12-19)13-21(17-7-8-17)15(2)20(22)23/h3-6,9-12,15,17H,7-8,13H2,1-2H3,(H,22,23). The quantitative estimate of drug-likeness (QED) is 0.806. The van der Waals surface area contributed by atoms with Gasteiger partial charge in [0.1, 0.15) is 6.04 Å². The Balaban J connectivity index is 1.79. The highest BCUT2D eigenvalue weighted by molar-refractivity contribution is 7.91. The number of rotatable bonds is 7. The fourth-order valence-electron chi connectivity index (χ4n) is 2.97. The van der Waals surface area contributed by atoms with Crippen molar-refractivity contribution in [1.82, 2.24) is 4.90 Å². The van der Waals surface area contributed by atoms with Crippen LogP contribution < -0.4 is 0 Å². The van der Waals surface area contributed by atoms with Gasteiger partial charge in [0, 0.05) is 12.6 Å². The number of benzene rings is 2. The number of sulfone groups is 1. The summed E-state index contributed by atoms with van der Waals surface area (Å²) >= 11 is 0. The molecule has 0 aromatic heterocycles. The number of carbonyl (C=O) groups is 1. The smallest absolute Gasteiger partial charge is 0.320 e. The Bertz CT molecular complexity index is 884. The molecule has 0 heterocycles. The average molecular weight is 373 g/mol. The largest absolute Gasteiger partial charge is 0.480 e. The van der Waals surface area contributed by atoms with E-state index in [4.69, 9.17) is 0 Å². The van der Waals surface area contributed by atoms with Gasteiger partial charge < -0.3 is 5.11 Å². The molecule has 0 aliphatic heterocycles. The van der Waals surface area contributed by atoms with Crippen molar-refractivity contribution in [3.63, 3.8) is 0 Å². The molecule has 1 atom stereocenters. The van der Waals surface area contributed by atoms with E-state index in [0.29, 0.717) is 12.6 Å². The second kappa shape index (κ2) is 7.21. The van der Waals surface area contributed by atoms with Crippen LogP contribution in [0.1, 0.15) is 30.9 Å². The van der Waals surface area contributed by atoms with Gasteiger partial charge in [0.25, 0.3) is 0 Å². The Morgan fingerprint density at radius 1 is 1.08 bits per heavy atom. The molecule has 6 heteroatoms. The highest BCUT2D eigenvalue weighted by Gasteiger charge is 2.34. The van der Waals surface area contributed by atoms with Crippen molar-refractivity contribution in [3.05, 3.63) is 59.7 Å². The maximum absolute atomic E-state index is 12.7. The molecule has 1 fully saturated rings. The maximum atomic E-state index is 12.7. The van der Waals surface area contributed by atoms with Gasteiger partial charge in [-0.3, -0.25) is 9.69 Å². The van der Waals surface area contributed by atoms with Crippen molar-refractivity contribution >= 4 is 15.8 Å². The van der Waals surface area contributed by atoms with Gasteiger partial charge in [-0.15, -0.1) is 0 Å². The van der Waals surface area contributed by atoms with Crippen molar-refractivity contribution in [2.75, 3.05) is 0 Å². The molecular formula is C20H23NO4S. The fourth-order valence-corrected chi connectivity index (χ4v) is 4.23. The summed E-state index contributed by atoms with van der Waals surface area (Å²) in [6.07, 6.45) is 2.02. The van der Waals surface area contributed by atoms with Crippen LogP contribution in [0.4, 0.5) is 0 Å². The minimum atomic E-state index is -3.54. The summed E-state index contributed by atoms with van der Waals surface area (Å²) in [6.45, 7) is 4.11.